The van der Waals surface area contributed by atoms with Crippen LogP contribution in [0.15, 0.2) is 159 Å². The molecule has 8 aromatic carbocycles. The lowest BCUT2D eigenvalue weighted by Gasteiger charge is -2.34. The van der Waals surface area contributed by atoms with Crippen LogP contribution < -0.4 is 18.3 Å². The Bertz CT molecular complexity index is 5820. The summed E-state index contributed by atoms with van der Waals surface area (Å²) in [5.74, 6) is 1.19. The summed E-state index contributed by atoms with van der Waals surface area (Å²) in [6.45, 7) is 43.8. The highest BCUT2D eigenvalue weighted by atomic mass is 32.1. The SMILES string of the molecule is Cc1cc(C)c(C)c(-c2c3ccc(C4CCC(C)(C)CC4)cc3nc[n+]2C)c1.Cc1cc(C)c(C)c(-c2c3sc4c(C(C)C)cccc4c3nc[n+]2C)c1.Cc1cc(C)c(C)c(-c2cc(-c3cc(CC(C)(C)C(F)(F)F)cc(CC(C)(C)C(F)(F)F)c3)nc[n+]2C)c1.Cc1cc(C)cc(-c2cc(-c3cc(C)cc(C)c3C)[n+](C)cn2)c1. The zero-order valence-electron chi connectivity index (χ0n) is 73.2. The molecule has 0 atom stereocenters. The summed E-state index contributed by atoms with van der Waals surface area (Å²) in [5, 5.41) is 2.53. The van der Waals surface area contributed by atoms with E-state index < -0.39 is 23.2 Å². The van der Waals surface area contributed by atoms with Gasteiger partial charge >= 0.3 is 12.4 Å². The number of hydrogen-bond donors (Lipinski definition) is 0. The van der Waals surface area contributed by atoms with Crippen molar-refractivity contribution < 1.29 is 44.6 Å². The van der Waals surface area contributed by atoms with Gasteiger partial charge in [-0.3, -0.25) is 0 Å². The maximum atomic E-state index is 13.7. The van der Waals surface area contributed by atoms with Gasteiger partial charge in [-0.2, -0.15) is 26.3 Å². The quantitative estimate of drug-likeness (QED) is 0.0903. The molecule has 0 saturated heterocycles. The van der Waals surface area contributed by atoms with E-state index in [1.807, 2.05) is 68.8 Å². The molecular formula is C101H118F6N8S+4. The van der Waals surface area contributed by atoms with Crippen LogP contribution in [0.5, 0.6) is 0 Å². The third kappa shape index (κ3) is 19.1. The van der Waals surface area contributed by atoms with Crippen molar-refractivity contribution >= 4 is 42.5 Å². The summed E-state index contributed by atoms with van der Waals surface area (Å²) in [7, 11) is 8.12. The molecule has 14 rings (SSSR count). The molecule has 0 unspecified atom stereocenters. The second-order valence-corrected chi connectivity index (χ2v) is 36.9. The third-order valence-electron chi connectivity index (χ3n) is 24.1. The fraction of sp³-hybridized carbons (Fsp3) is 0.386. The number of fused-ring (bicyclic) bond motifs is 4. The van der Waals surface area contributed by atoms with E-state index >= 15 is 0 Å². The van der Waals surface area contributed by atoms with Crippen molar-refractivity contribution in [2.45, 2.75) is 215 Å². The van der Waals surface area contributed by atoms with Gasteiger partial charge in [0.05, 0.1) is 44.4 Å². The van der Waals surface area contributed by atoms with E-state index in [9.17, 15) is 26.3 Å². The van der Waals surface area contributed by atoms with Crippen LogP contribution in [0, 0.1) is 113 Å². The maximum Gasteiger partial charge on any atom is 0.394 e. The van der Waals surface area contributed by atoms with E-state index in [4.69, 9.17) is 9.97 Å². The first-order valence-electron chi connectivity index (χ1n) is 40.6. The predicted molar refractivity (Wildman–Crippen MR) is 467 cm³/mol. The van der Waals surface area contributed by atoms with Gasteiger partial charge in [0.1, 0.15) is 21.8 Å². The minimum atomic E-state index is -4.47. The molecule has 1 aliphatic rings. The van der Waals surface area contributed by atoms with Gasteiger partial charge in [-0.25, -0.2) is 18.3 Å². The second-order valence-electron chi connectivity index (χ2n) is 35.9. The Balaban J connectivity index is 0.000000154. The fourth-order valence-electron chi connectivity index (χ4n) is 16.6. The van der Waals surface area contributed by atoms with Gasteiger partial charge in [-0.05, 0) is 306 Å². The third-order valence-corrected chi connectivity index (χ3v) is 25.4. The minimum absolute atomic E-state index is 0.317. The monoisotopic (exact) mass is 1590 g/mol. The Morgan fingerprint density at radius 3 is 1.28 bits per heavy atom. The van der Waals surface area contributed by atoms with Crippen molar-refractivity contribution in [3.05, 3.63) is 259 Å². The first kappa shape index (κ1) is 87.0. The highest BCUT2D eigenvalue weighted by molar-refractivity contribution is 7.26. The van der Waals surface area contributed by atoms with Crippen LogP contribution in [0.25, 0.3) is 98.7 Å². The molecule has 0 N–H and O–H groups in total. The summed E-state index contributed by atoms with van der Waals surface area (Å²) < 4.78 is 93.1. The van der Waals surface area contributed by atoms with Crippen molar-refractivity contribution in [2.24, 2.45) is 44.4 Å². The van der Waals surface area contributed by atoms with Gasteiger partial charge < -0.3 is 0 Å². The van der Waals surface area contributed by atoms with E-state index in [0.29, 0.717) is 39.6 Å². The summed E-state index contributed by atoms with van der Waals surface area (Å²) in [5.41, 5.74) is 32.6. The molecule has 5 heterocycles. The summed E-state index contributed by atoms with van der Waals surface area (Å²) in [6, 6.07) is 46.8. The second kappa shape index (κ2) is 34.0. The van der Waals surface area contributed by atoms with Crippen LogP contribution in [-0.4, -0.2) is 32.3 Å². The predicted octanol–water partition coefficient (Wildman–Crippen LogP) is 25.5. The van der Waals surface area contributed by atoms with Gasteiger partial charge in [-0.1, -0.05) is 143 Å². The molecule has 1 fully saturated rings. The molecular weight excluding hydrogens is 1470 g/mol. The van der Waals surface area contributed by atoms with E-state index in [2.05, 4.69) is 258 Å². The first-order chi connectivity index (χ1) is 54.2. The summed E-state index contributed by atoms with van der Waals surface area (Å²) in [4.78, 5) is 18.7. The average Bonchev–Trinajstić information content (AvgIpc) is 1.52. The number of halogens is 6. The normalized spacial score (nSPS) is 13.4. The van der Waals surface area contributed by atoms with Crippen LogP contribution >= 0.6 is 11.3 Å². The molecule has 5 aromatic heterocycles. The molecule has 0 spiro atoms. The molecule has 0 bridgehead atoms. The molecule has 1 aliphatic carbocycles. The van der Waals surface area contributed by atoms with Crippen LogP contribution in [0.3, 0.4) is 0 Å². The summed E-state index contributed by atoms with van der Waals surface area (Å²) in [6.07, 6.45) is 3.02. The van der Waals surface area contributed by atoms with Crippen molar-refractivity contribution in [3.63, 3.8) is 0 Å². The lowest BCUT2D eigenvalue weighted by Crippen LogP contribution is -2.35. The minimum Gasteiger partial charge on any atom is -0.232 e. The molecule has 606 valence electrons. The van der Waals surface area contributed by atoms with Gasteiger partial charge in [-0.15, -0.1) is 11.3 Å². The lowest BCUT2D eigenvalue weighted by atomic mass is 9.71. The lowest BCUT2D eigenvalue weighted by molar-refractivity contribution is -0.663. The largest absolute Gasteiger partial charge is 0.394 e. The van der Waals surface area contributed by atoms with Gasteiger partial charge in [0.2, 0.25) is 5.52 Å². The van der Waals surface area contributed by atoms with Crippen molar-refractivity contribution in [3.8, 4) is 67.5 Å². The number of aryl methyl sites for hydroxylation is 14. The van der Waals surface area contributed by atoms with Crippen LogP contribution in [0.2, 0.25) is 0 Å². The number of rotatable bonds is 12. The Morgan fingerprint density at radius 2 is 0.828 bits per heavy atom. The Hall–Kier alpha value is -9.86. The molecule has 15 heteroatoms. The highest BCUT2D eigenvalue weighted by Gasteiger charge is 2.49. The molecule has 13 aromatic rings. The zero-order chi connectivity index (χ0) is 84.9. The Labute approximate surface area is 688 Å². The van der Waals surface area contributed by atoms with E-state index in [0.717, 1.165) is 72.4 Å². The van der Waals surface area contributed by atoms with Crippen LogP contribution in [-0.2, 0) is 41.0 Å². The number of hydrogen-bond acceptors (Lipinski definition) is 5. The van der Waals surface area contributed by atoms with Crippen molar-refractivity contribution in [2.75, 3.05) is 0 Å². The maximum absolute atomic E-state index is 13.7. The number of thiophene rings is 1. The smallest absolute Gasteiger partial charge is 0.232 e. The van der Waals surface area contributed by atoms with E-state index in [1.54, 1.807) is 18.5 Å². The molecule has 1 saturated carbocycles. The van der Waals surface area contributed by atoms with E-state index in [-0.39, 0.29) is 12.8 Å². The van der Waals surface area contributed by atoms with Crippen molar-refractivity contribution in [1.82, 2.24) is 19.9 Å². The van der Waals surface area contributed by atoms with Gasteiger partial charge in [0, 0.05) is 55.6 Å². The number of benzene rings is 8. The highest BCUT2D eigenvalue weighted by Crippen LogP contribution is 2.47. The Kier molecular flexibility index (Phi) is 25.5. The molecule has 0 aliphatic heterocycles. The van der Waals surface area contributed by atoms with Gasteiger partial charge in [0.15, 0.2) is 22.6 Å². The standard InChI is InChI=1S/C30H35F6N2.C26H33N2.C23H25N2S.C22H25N2/c1-18-9-19(2)20(3)24(10-18)26-14-25(37-17-38(26)8)23-12-21(15-27(4,5)29(31,32)33)11-22(13-23)16-28(6,7)30(34,35)36;1-17-13-18(2)19(3)23(14-17)25-22-8-7-21(15-24(22)27-16-28(25)6)20-9-11-26(4,5)12-10-20;1-13(2)17-8-7-9-18-20-23(26-22(17)18)21(25(6)12-24-20)19-11-14(3)10-15(4)16(19)5;1-14-7-15(2)10-19(9-14)21-12-22(24(6)13-23-21)20-11-16(3)8-17(4)18(20)5/h9-14,17H,15-16H2,1-8H3;7-8,13-16,20H,9-12H2,1-6H3;7-13H,1-6H3;7-13H,1-6H3/q4*+1. The number of nitrogens with zero attached hydrogens (tertiary/aromatic N) is 8. The first-order valence-corrected chi connectivity index (χ1v) is 41.4. The molecule has 8 nitrogen and oxygen atoms in total. The van der Waals surface area contributed by atoms with Crippen LogP contribution in [0.4, 0.5) is 26.3 Å². The topological polar surface area (TPSA) is 67.1 Å². The number of aromatic nitrogens is 8. The van der Waals surface area contributed by atoms with Crippen molar-refractivity contribution in [1.29, 1.82) is 0 Å². The molecule has 0 radical (unpaired) electrons. The zero-order valence-corrected chi connectivity index (χ0v) is 74.0. The van der Waals surface area contributed by atoms with Crippen LogP contribution in [0.1, 0.15) is 193 Å². The molecule has 116 heavy (non-hydrogen) atoms. The average molecular weight is 1590 g/mol. The molecule has 0 amide bonds. The van der Waals surface area contributed by atoms with E-state index in [1.165, 1.54) is 164 Å². The summed E-state index contributed by atoms with van der Waals surface area (Å²) >= 11 is 1.89. The fourth-order valence-corrected chi connectivity index (χ4v) is 18.1. The van der Waals surface area contributed by atoms with Gasteiger partial charge in [0.25, 0.3) is 25.3 Å². The Morgan fingerprint density at radius 1 is 0.422 bits per heavy atom. The number of alkyl halides is 6.